The van der Waals surface area contributed by atoms with E-state index >= 15 is 0 Å². The topological polar surface area (TPSA) is 105 Å². The number of rotatable bonds is 9. The van der Waals surface area contributed by atoms with Crippen molar-refractivity contribution in [3.8, 4) is 0 Å². The van der Waals surface area contributed by atoms with Crippen molar-refractivity contribution >= 4 is 48.0 Å². The molecule has 3 rings (SSSR count). The molecular weight excluding hydrogens is 464 g/mol. The van der Waals surface area contributed by atoms with Crippen LogP contribution in [-0.4, -0.2) is 52.4 Å². The highest BCUT2D eigenvalue weighted by atomic mass is 32.2. The minimum absolute atomic E-state index is 0.0808. The fourth-order valence-corrected chi connectivity index (χ4v) is 4.49. The Hall–Kier alpha value is -3.65. The molecule has 0 fully saturated rings. The van der Waals surface area contributed by atoms with Crippen LogP contribution >= 0.6 is 11.8 Å². The monoisotopic (exact) mass is 492 g/mol. The van der Waals surface area contributed by atoms with E-state index < -0.39 is 23.4 Å². The fraction of sp³-hybridized carbons (Fsp3) is 0.259. The normalized spacial score (nSPS) is 17.2. The summed E-state index contributed by atoms with van der Waals surface area (Å²) in [4.78, 5) is 41.8. The Bertz CT molecular complexity index is 1220. The van der Waals surface area contributed by atoms with Crippen molar-refractivity contribution < 1.29 is 24.2 Å². The predicted molar refractivity (Wildman–Crippen MR) is 138 cm³/mol. The standard InChI is InChI=1S/C27H28N2O5S/c1-3-15-34-27(33)24(28-22(30)16-20-7-5-4-6-8-20)25-29-23(26(31)32)21(17-35-25)14-13-19-11-9-18(2)10-12-19/h4-14,24-25H,2-3,15-17H2,1H3,(H,28,30)(H,31,32). The summed E-state index contributed by atoms with van der Waals surface area (Å²) in [6.07, 6.45) is 4.22. The predicted octanol–water partition coefficient (Wildman–Crippen LogP) is 2.08. The van der Waals surface area contributed by atoms with Crippen LogP contribution in [0.3, 0.4) is 0 Å². The molecule has 1 aliphatic rings. The third kappa shape index (κ3) is 7.68. The van der Waals surface area contributed by atoms with Crippen LogP contribution in [0.1, 0.15) is 18.9 Å². The first kappa shape index (κ1) is 26.0. The third-order valence-corrected chi connectivity index (χ3v) is 6.34. The van der Waals surface area contributed by atoms with E-state index in [0.29, 0.717) is 17.7 Å². The van der Waals surface area contributed by atoms with Gasteiger partial charge in [0.1, 0.15) is 11.1 Å². The number of carboxylic acid groups (broad SMARTS) is 1. The number of thioether (sulfide) groups is 1. The first-order valence-electron chi connectivity index (χ1n) is 11.3. The van der Waals surface area contributed by atoms with Crippen LogP contribution in [0.5, 0.6) is 0 Å². The Balaban J connectivity index is 1.85. The zero-order chi connectivity index (χ0) is 25.2. The number of esters is 1. The molecule has 0 bridgehead atoms. The number of carbonyl (C=O) groups excluding carboxylic acids is 2. The van der Waals surface area contributed by atoms with Gasteiger partial charge in [-0.05, 0) is 28.0 Å². The van der Waals surface area contributed by atoms with Crippen molar-refractivity contribution in [2.24, 2.45) is 4.99 Å². The summed E-state index contributed by atoms with van der Waals surface area (Å²) in [5.41, 5.74) is 1.18. The molecule has 0 radical (unpaired) electrons. The molecule has 2 aromatic carbocycles. The number of benzene rings is 2. The maximum absolute atomic E-state index is 12.8. The van der Waals surface area contributed by atoms with Gasteiger partial charge in [-0.25, -0.2) is 9.59 Å². The van der Waals surface area contributed by atoms with Crippen LogP contribution in [0.4, 0.5) is 0 Å². The van der Waals surface area contributed by atoms with Gasteiger partial charge in [0.05, 0.1) is 13.0 Å². The largest absolute Gasteiger partial charge is 0.477 e. The summed E-state index contributed by atoms with van der Waals surface area (Å²) >= 11 is 1.28. The van der Waals surface area contributed by atoms with Gasteiger partial charge in [0.15, 0.2) is 6.04 Å². The highest BCUT2D eigenvalue weighted by Gasteiger charge is 2.36. The van der Waals surface area contributed by atoms with E-state index in [1.165, 1.54) is 11.8 Å². The van der Waals surface area contributed by atoms with Gasteiger partial charge in [-0.15, -0.1) is 11.8 Å². The van der Waals surface area contributed by atoms with Crippen molar-refractivity contribution in [2.45, 2.75) is 31.2 Å². The van der Waals surface area contributed by atoms with Crippen molar-refractivity contribution in [1.29, 1.82) is 0 Å². The Labute approximate surface area is 208 Å². The Morgan fingerprint density at radius 1 is 1.17 bits per heavy atom. The molecule has 2 N–H and O–H groups in total. The van der Waals surface area contributed by atoms with E-state index in [0.717, 1.165) is 16.0 Å². The van der Waals surface area contributed by atoms with E-state index in [9.17, 15) is 19.5 Å². The summed E-state index contributed by atoms with van der Waals surface area (Å²) in [5, 5.41) is 13.5. The lowest BCUT2D eigenvalue weighted by atomic mass is 10.1. The van der Waals surface area contributed by atoms with Crippen LogP contribution in [-0.2, 0) is 25.5 Å². The molecular formula is C27H28N2O5S. The number of carboxylic acids is 1. The van der Waals surface area contributed by atoms with Crippen molar-refractivity contribution in [3.05, 3.63) is 82.2 Å². The number of hydrogen-bond donors (Lipinski definition) is 2. The lowest BCUT2D eigenvalue weighted by Crippen LogP contribution is -2.49. The van der Waals surface area contributed by atoms with E-state index in [1.54, 1.807) is 6.08 Å². The first-order chi connectivity index (χ1) is 16.9. The highest BCUT2D eigenvalue weighted by Crippen LogP contribution is 2.27. The number of hydrogen-bond acceptors (Lipinski definition) is 6. The van der Waals surface area contributed by atoms with Crippen LogP contribution in [0.15, 0.2) is 71.2 Å². The van der Waals surface area contributed by atoms with Crippen molar-refractivity contribution in [3.63, 3.8) is 0 Å². The molecule has 35 heavy (non-hydrogen) atoms. The van der Waals surface area contributed by atoms with E-state index in [-0.39, 0.29) is 24.6 Å². The Morgan fingerprint density at radius 3 is 2.54 bits per heavy atom. The third-order valence-electron chi connectivity index (χ3n) is 5.14. The zero-order valence-electron chi connectivity index (χ0n) is 19.5. The maximum Gasteiger partial charge on any atom is 0.354 e. The SMILES string of the molecule is C=c1ccc(=CC=C2CSC(C(NC(=O)Cc3ccccc3)C(=O)OCCC)N=C2C(=O)O)cc1. The maximum atomic E-state index is 12.8. The molecule has 0 saturated heterocycles. The number of nitrogens with zero attached hydrogens (tertiary/aromatic N) is 1. The van der Waals surface area contributed by atoms with Crippen molar-refractivity contribution in [2.75, 3.05) is 12.4 Å². The molecule has 0 aromatic heterocycles. The second-order valence-corrected chi connectivity index (χ2v) is 9.06. The highest BCUT2D eigenvalue weighted by molar-refractivity contribution is 8.00. The molecule has 1 heterocycles. The van der Waals surface area contributed by atoms with Gasteiger partial charge in [-0.2, -0.15) is 0 Å². The van der Waals surface area contributed by atoms with Crippen LogP contribution in [0, 0.1) is 0 Å². The smallest absolute Gasteiger partial charge is 0.354 e. The molecule has 0 spiro atoms. The summed E-state index contributed by atoms with van der Waals surface area (Å²) < 4.78 is 5.29. The number of aliphatic carboxylic acids is 1. The van der Waals surface area contributed by atoms with Crippen LogP contribution < -0.4 is 15.8 Å². The average molecular weight is 493 g/mol. The number of carbonyl (C=O) groups is 3. The fourth-order valence-electron chi connectivity index (χ4n) is 3.35. The number of amides is 1. The van der Waals surface area contributed by atoms with E-state index in [1.807, 2.05) is 67.6 Å². The van der Waals surface area contributed by atoms with Crippen LogP contribution in [0.25, 0.3) is 12.7 Å². The second kappa shape index (κ2) is 12.7. The summed E-state index contributed by atoms with van der Waals surface area (Å²) in [6.45, 7) is 5.91. The summed E-state index contributed by atoms with van der Waals surface area (Å²) in [7, 11) is 0. The van der Waals surface area contributed by atoms with Gasteiger partial charge in [0.25, 0.3) is 0 Å². The molecule has 2 atom stereocenters. The zero-order valence-corrected chi connectivity index (χ0v) is 20.3. The minimum Gasteiger partial charge on any atom is -0.477 e. The number of ether oxygens (including phenoxy) is 1. The van der Waals surface area contributed by atoms with Gasteiger partial charge >= 0.3 is 11.9 Å². The molecule has 1 amide bonds. The lowest BCUT2D eigenvalue weighted by molar-refractivity contribution is -0.147. The molecule has 2 aromatic rings. The molecule has 0 saturated carbocycles. The lowest BCUT2D eigenvalue weighted by Gasteiger charge is -2.27. The van der Waals surface area contributed by atoms with Gasteiger partial charge in [0, 0.05) is 5.75 Å². The van der Waals surface area contributed by atoms with Gasteiger partial charge < -0.3 is 15.2 Å². The Kier molecular flexibility index (Phi) is 9.43. The molecule has 7 nitrogen and oxygen atoms in total. The molecule has 0 aliphatic carbocycles. The quantitative estimate of drug-likeness (QED) is 0.520. The second-order valence-electron chi connectivity index (χ2n) is 7.96. The Morgan fingerprint density at radius 2 is 1.89 bits per heavy atom. The number of aliphatic imine (C=N–C) groups is 1. The number of nitrogens with one attached hydrogen (secondary N) is 1. The summed E-state index contributed by atoms with van der Waals surface area (Å²) in [6, 6.07) is 15.5. The molecule has 182 valence electrons. The van der Waals surface area contributed by atoms with Gasteiger partial charge in [0.2, 0.25) is 5.91 Å². The first-order valence-corrected chi connectivity index (χ1v) is 12.3. The van der Waals surface area contributed by atoms with Gasteiger partial charge in [-0.1, -0.05) is 80.3 Å². The average Bonchev–Trinajstić information content (AvgIpc) is 2.86. The van der Waals surface area contributed by atoms with Gasteiger partial charge in [-0.3, -0.25) is 9.79 Å². The van der Waals surface area contributed by atoms with Crippen LogP contribution in [0.2, 0.25) is 0 Å². The summed E-state index contributed by atoms with van der Waals surface area (Å²) in [5.74, 6) is -1.89. The molecule has 1 aliphatic heterocycles. The molecule has 8 heteroatoms. The number of allylic oxidation sites excluding steroid dienone is 1. The van der Waals surface area contributed by atoms with E-state index in [4.69, 9.17) is 4.74 Å². The molecule has 2 unspecified atom stereocenters. The van der Waals surface area contributed by atoms with Crippen molar-refractivity contribution in [1.82, 2.24) is 5.32 Å². The minimum atomic E-state index is -1.20. The van der Waals surface area contributed by atoms with E-state index in [2.05, 4.69) is 16.9 Å².